The fourth-order valence-corrected chi connectivity index (χ4v) is 3.29. The number of H-pyrrole nitrogens is 1. The van der Waals surface area contributed by atoms with E-state index in [9.17, 15) is 14.9 Å². The SMILES string of the molecule is CCOC(=O)COc1ccc(/C=C(/C#N)C(=O)NCCc2c[nH]c3ccccc23)cc1OC. The minimum absolute atomic E-state index is 0.0313. The van der Waals surface area contributed by atoms with Gasteiger partial charge in [0.05, 0.1) is 13.7 Å². The summed E-state index contributed by atoms with van der Waals surface area (Å²) in [5, 5.41) is 13.4. The maximum absolute atomic E-state index is 12.5. The summed E-state index contributed by atoms with van der Waals surface area (Å²) in [6.07, 6.45) is 4.03. The Kier molecular flexibility index (Phi) is 8.08. The second-order valence-corrected chi connectivity index (χ2v) is 7.04. The van der Waals surface area contributed by atoms with E-state index in [0.29, 0.717) is 30.0 Å². The number of hydrogen-bond acceptors (Lipinski definition) is 6. The third kappa shape index (κ3) is 6.14. The number of aromatic nitrogens is 1. The first-order chi connectivity index (χ1) is 16.0. The Morgan fingerprint density at radius 3 is 2.76 bits per heavy atom. The van der Waals surface area contributed by atoms with Crippen LogP contribution in [0, 0.1) is 11.3 Å². The summed E-state index contributed by atoms with van der Waals surface area (Å²) in [4.78, 5) is 27.2. The van der Waals surface area contributed by atoms with E-state index in [4.69, 9.17) is 14.2 Å². The number of benzene rings is 2. The highest BCUT2D eigenvalue weighted by molar-refractivity contribution is 6.01. The van der Waals surface area contributed by atoms with Gasteiger partial charge in [0.2, 0.25) is 0 Å². The highest BCUT2D eigenvalue weighted by Crippen LogP contribution is 2.29. The third-order valence-corrected chi connectivity index (χ3v) is 4.87. The van der Waals surface area contributed by atoms with E-state index in [1.165, 1.54) is 13.2 Å². The Balaban J connectivity index is 1.63. The lowest BCUT2D eigenvalue weighted by Crippen LogP contribution is -2.26. The van der Waals surface area contributed by atoms with Gasteiger partial charge in [-0.1, -0.05) is 24.3 Å². The van der Waals surface area contributed by atoms with Crippen molar-refractivity contribution >= 4 is 28.9 Å². The zero-order valence-electron chi connectivity index (χ0n) is 18.5. The van der Waals surface area contributed by atoms with Crippen LogP contribution in [0.15, 0.2) is 54.2 Å². The average Bonchev–Trinajstić information content (AvgIpc) is 3.24. The van der Waals surface area contributed by atoms with Crippen molar-refractivity contribution in [2.45, 2.75) is 13.3 Å². The Hall–Kier alpha value is -4.25. The first-order valence-corrected chi connectivity index (χ1v) is 10.5. The van der Waals surface area contributed by atoms with Gasteiger partial charge in [0.15, 0.2) is 18.1 Å². The second kappa shape index (κ2) is 11.4. The molecule has 0 saturated heterocycles. The van der Waals surface area contributed by atoms with Crippen LogP contribution in [-0.4, -0.2) is 43.7 Å². The molecule has 3 rings (SSSR count). The number of nitriles is 1. The zero-order chi connectivity index (χ0) is 23.6. The van der Waals surface area contributed by atoms with Crippen molar-refractivity contribution in [2.75, 3.05) is 26.9 Å². The number of amides is 1. The largest absolute Gasteiger partial charge is 0.493 e. The first-order valence-electron chi connectivity index (χ1n) is 10.5. The predicted octanol–water partition coefficient (Wildman–Crippen LogP) is 3.38. The molecule has 0 unspecified atom stereocenters. The molecule has 0 bridgehead atoms. The molecule has 1 aromatic heterocycles. The van der Waals surface area contributed by atoms with E-state index in [1.807, 2.05) is 36.5 Å². The average molecular weight is 447 g/mol. The molecule has 170 valence electrons. The maximum Gasteiger partial charge on any atom is 0.344 e. The summed E-state index contributed by atoms with van der Waals surface area (Å²) in [6.45, 7) is 2.12. The molecular formula is C25H25N3O5. The van der Waals surface area contributed by atoms with Gasteiger partial charge >= 0.3 is 5.97 Å². The molecule has 33 heavy (non-hydrogen) atoms. The summed E-state index contributed by atoms with van der Waals surface area (Å²) in [7, 11) is 1.46. The van der Waals surface area contributed by atoms with Gasteiger partial charge in [0.25, 0.3) is 5.91 Å². The van der Waals surface area contributed by atoms with Crippen LogP contribution in [0.5, 0.6) is 11.5 Å². The van der Waals surface area contributed by atoms with Crippen LogP contribution < -0.4 is 14.8 Å². The highest BCUT2D eigenvalue weighted by Gasteiger charge is 2.12. The van der Waals surface area contributed by atoms with Gasteiger partial charge in [-0.15, -0.1) is 0 Å². The topological polar surface area (TPSA) is 113 Å². The smallest absolute Gasteiger partial charge is 0.344 e. The minimum Gasteiger partial charge on any atom is -0.493 e. The summed E-state index contributed by atoms with van der Waals surface area (Å²) in [5.74, 6) is -0.229. The van der Waals surface area contributed by atoms with Crippen LogP contribution in [-0.2, 0) is 20.7 Å². The zero-order valence-corrected chi connectivity index (χ0v) is 18.5. The molecule has 3 aromatic rings. The molecule has 0 aliphatic rings. The number of nitrogens with zero attached hydrogens (tertiary/aromatic N) is 1. The van der Waals surface area contributed by atoms with Gasteiger partial charge in [-0.3, -0.25) is 4.79 Å². The predicted molar refractivity (Wildman–Crippen MR) is 124 cm³/mol. The van der Waals surface area contributed by atoms with E-state index in [1.54, 1.807) is 25.1 Å². The van der Waals surface area contributed by atoms with Crippen molar-refractivity contribution in [3.8, 4) is 17.6 Å². The number of carbonyl (C=O) groups excluding carboxylic acids is 2. The molecule has 0 aliphatic heterocycles. The number of carbonyl (C=O) groups is 2. The fourth-order valence-electron chi connectivity index (χ4n) is 3.29. The Morgan fingerprint density at radius 2 is 2.00 bits per heavy atom. The molecule has 8 nitrogen and oxygen atoms in total. The van der Waals surface area contributed by atoms with Gasteiger partial charge in [-0.2, -0.15) is 5.26 Å². The second-order valence-electron chi connectivity index (χ2n) is 7.04. The molecule has 0 atom stereocenters. The fraction of sp³-hybridized carbons (Fsp3) is 0.240. The minimum atomic E-state index is -0.486. The van der Waals surface area contributed by atoms with Crippen molar-refractivity contribution < 1.29 is 23.8 Å². The van der Waals surface area contributed by atoms with Crippen molar-refractivity contribution in [1.29, 1.82) is 5.26 Å². The summed E-state index contributed by atoms with van der Waals surface area (Å²) in [5.41, 5.74) is 2.69. The molecule has 8 heteroatoms. The number of rotatable bonds is 10. The van der Waals surface area contributed by atoms with E-state index < -0.39 is 11.9 Å². The number of hydrogen-bond donors (Lipinski definition) is 2. The van der Waals surface area contributed by atoms with Crippen LogP contribution in [0.1, 0.15) is 18.1 Å². The van der Waals surface area contributed by atoms with E-state index in [-0.39, 0.29) is 18.8 Å². The molecule has 2 aromatic carbocycles. The highest BCUT2D eigenvalue weighted by atomic mass is 16.6. The Bertz CT molecular complexity index is 1210. The summed E-state index contributed by atoms with van der Waals surface area (Å²) < 4.78 is 15.6. The van der Waals surface area contributed by atoms with Crippen LogP contribution in [0.3, 0.4) is 0 Å². The van der Waals surface area contributed by atoms with Crippen molar-refractivity contribution in [2.24, 2.45) is 0 Å². The van der Waals surface area contributed by atoms with Gasteiger partial charge in [-0.05, 0) is 48.7 Å². The molecular weight excluding hydrogens is 422 g/mol. The normalized spacial score (nSPS) is 11.0. The lowest BCUT2D eigenvalue weighted by Gasteiger charge is -2.11. The lowest BCUT2D eigenvalue weighted by atomic mass is 10.1. The molecule has 0 aliphatic carbocycles. The molecule has 0 radical (unpaired) electrons. The molecule has 2 N–H and O–H groups in total. The Labute approximate surface area is 191 Å². The van der Waals surface area contributed by atoms with E-state index in [0.717, 1.165) is 16.5 Å². The Morgan fingerprint density at radius 1 is 1.18 bits per heavy atom. The van der Waals surface area contributed by atoms with E-state index >= 15 is 0 Å². The first kappa shape index (κ1) is 23.4. The van der Waals surface area contributed by atoms with Crippen LogP contribution in [0.4, 0.5) is 0 Å². The van der Waals surface area contributed by atoms with E-state index in [2.05, 4.69) is 10.3 Å². The number of fused-ring (bicyclic) bond motifs is 1. The molecule has 0 saturated carbocycles. The van der Waals surface area contributed by atoms with Gasteiger partial charge in [0, 0.05) is 23.6 Å². The van der Waals surface area contributed by atoms with Gasteiger partial charge in [-0.25, -0.2) is 4.79 Å². The molecule has 0 fully saturated rings. The summed E-state index contributed by atoms with van der Waals surface area (Å²) in [6, 6.07) is 14.8. The van der Waals surface area contributed by atoms with Crippen LogP contribution in [0.2, 0.25) is 0 Å². The molecule has 1 amide bonds. The third-order valence-electron chi connectivity index (χ3n) is 4.87. The summed E-state index contributed by atoms with van der Waals surface area (Å²) >= 11 is 0. The van der Waals surface area contributed by atoms with Crippen LogP contribution >= 0.6 is 0 Å². The standard InChI is InChI=1S/C25H25N3O5/c1-3-32-24(29)16-33-22-9-8-17(13-23(22)31-2)12-19(14-26)25(30)27-11-10-18-15-28-21-7-5-4-6-20(18)21/h4-9,12-13,15,28H,3,10-11,16H2,1-2H3,(H,27,30)/b19-12-. The van der Waals surface area contributed by atoms with Crippen molar-refractivity contribution in [1.82, 2.24) is 10.3 Å². The number of nitrogens with one attached hydrogen (secondary N) is 2. The number of methoxy groups -OCH3 is 1. The number of para-hydroxylation sites is 1. The number of aromatic amines is 1. The lowest BCUT2D eigenvalue weighted by molar-refractivity contribution is -0.145. The quantitative estimate of drug-likeness (QED) is 0.280. The molecule has 0 spiro atoms. The van der Waals surface area contributed by atoms with Crippen molar-refractivity contribution in [3.05, 3.63) is 65.4 Å². The van der Waals surface area contributed by atoms with Crippen molar-refractivity contribution in [3.63, 3.8) is 0 Å². The van der Waals surface area contributed by atoms with Gasteiger partial charge < -0.3 is 24.5 Å². The van der Waals surface area contributed by atoms with Crippen LogP contribution in [0.25, 0.3) is 17.0 Å². The number of esters is 1. The van der Waals surface area contributed by atoms with Gasteiger partial charge in [0.1, 0.15) is 11.6 Å². The number of ether oxygens (including phenoxy) is 3. The monoisotopic (exact) mass is 447 g/mol. The maximum atomic E-state index is 12.5. The molecule has 1 heterocycles.